The van der Waals surface area contributed by atoms with Crippen molar-refractivity contribution in [3.63, 3.8) is 0 Å². The minimum atomic E-state index is -0.394. The molecule has 102 valence electrons. The lowest BCUT2D eigenvalue weighted by molar-refractivity contribution is -0.603. The van der Waals surface area contributed by atoms with Crippen LogP contribution in [0.2, 0.25) is 0 Å². The number of nitrogens with one attached hydrogen (secondary N) is 1. The lowest BCUT2D eigenvalue weighted by Gasteiger charge is -1.98. The van der Waals surface area contributed by atoms with Gasteiger partial charge in [-0.15, -0.1) is 0 Å². The number of fused-ring (bicyclic) bond motifs is 1. The van der Waals surface area contributed by atoms with E-state index < -0.39 is 5.69 Å². The van der Waals surface area contributed by atoms with Crippen molar-refractivity contribution in [2.24, 2.45) is 14.1 Å². The largest absolute Gasteiger partial charge is 0.403 e. The fourth-order valence-electron chi connectivity index (χ4n) is 2.08. The third kappa shape index (κ3) is 1.67. The summed E-state index contributed by atoms with van der Waals surface area (Å²) in [6, 6.07) is 3.87. The number of imidazole rings is 1. The first-order chi connectivity index (χ1) is 9.49. The zero-order chi connectivity index (χ0) is 14.4. The summed E-state index contributed by atoms with van der Waals surface area (Å²) in [5.74, 6) is 0.498. The average Bonchev–Trinajstić information content (AvgIpc) is 2.89. The van der Waals surface area contributed by atoms with Crippen LogP contribution in [0.3, 0.4) is 0 Å². The highest BCUT2D eigenvalue weighted by atomic mass is 16.2. The highest BCUT2D eigenvalue weighted by molar-refractivity contribution is 5.70. The van der Waals surface area contributed by atoms with Gasteiger partial charge in [-0.25, -0.2) is 14.3 Å². The molecule has 0 saturated heterocycles. The third-order valence-corrected chi connectivity index (χ3v) is 3.32. The van der Waals surface area contributed by atoms with Gasteiger partial charge in [-0.2, -0.15) is 0 Å². The van der Waals surface area contributed by atoms with Crippen molar-refractivity contribution < 1.29 is 4.57 Å². The van der Waals surface area contributed by atoms with Crippen molar-refractivity contribution in [3.05, 3.63) is 50.9 Å². The van der Waals surface area contributed by atoms with Crippen LogP contribution in [0.5, 0.6) is 0 Å². The Bertz CT molecular complexity index is 915. The van der Waals surface area contributed by atoms with Crippen molar-refractivity contribution in [2.75, 3.05) is 0 Å². The topological polar surface area (TPSA) is 76.6 Å². The fraction of sp³-hybridized carbons (Fsp3) is 0.231. The SMILES string of the molecule is Cc1cc[n+](-c2nc3c([nH]2)c(=O)n(C)c(=O)n3C)cc1. The van der Waals surface area contributed by atoms with Gasteiger partial charge in [0.05, 0.1) is 12.4 Å². The zero-order valence-corrected chi connectivity index (χ0v) is 11.4. The van der Waals surface area contributed by atoms with Crippen LogP contribution in [0, 0.1) is 6.92 Å². The van der Waals surface area contributed by atoms with Gasteiger partial charge in [0.15, 0.2) is 0 Å². The Morgan fingerprint density at radius 2 is 1.80 bits per heavy atom. The molecule has 7 heteroatoms. The number of hydrogen-bond acceptors (Lipinski definition) is 3. The molecule has 3 heterocycles. The molecule has 0 aliphatic heterocycles. The monoisotopic (exact) mass is 272 g/mol. The van der Waals surface area contributed by atoms with E-state index in [2.05, 4.69) is 9.97 Å². The number of aromatic amines is 1. The van der Waals surface area contributed by atoms with E-state index in [0.717, 1.165) is 10.1 Å². The summed E-state index contributed by atoms with van der Waals surface area (Å²) in [7, 11) is 3.04. The van der Waals surface area contributed by atoms with Crippen LogP contribution in [-0.4, -0.2) is 19.1 Å². The standard InChI is InChI=1S/C13H13N5O2/c1-8-4-6-18(7-5-8)12-14-9-10(15-12)16(2)13(20)17(3)11(9)19/h4-7H,1-3H3/p+1. The Kier molecular flexibility index (Phi) is 2.56. The van der Waals surface area contributed by atoms with Gasteiger partial charge >= 0.3 is 11.6 Å². The molecule has 0 saturated carbocycles. The number of hydrogen-bond donors (Lipinski definition) is 1. The van der Waals surface area contributed by atoms with Gasteiger partial charge in [0.25, 0.3) is 11.2 Å². The van der Waals surface area contributed by atoms with Gasteiger partial charge in [0.2, 0.25) is 5.52 Å². The van der Waals surface area contributed by atoms with Crippen molar-refractivity contribution >= 4 is 11.2 Å². The van der Waals surface area contributed by atoms with E-state index in [4.69, 9.17) is 0 Å². The Hall–Kier alpha value is -2.70. The van der Waals surface area contributed by atoms with Crippen LogP contribution in [0.1, 0.15) is 5.56 Å². The molecule has 1 N–H and O–H groups in total. The highest BCUT2D eigenvalue weighted by Crippen LogP contribution is 2.04. The molecule has 0 aromatic carbocycles. The van der Waals surface area contributed by atoms with Crippen molar-refractivity contribution in [1.82, 2.24) is 19.1 Å². The van der Waals surface area contributed by atoms with Crippen LogP contribution in [0.15, 0.2) is 34.1 Å². The summed E-state index contributed by atoms with van der Waals surface area (Å²) in [4.78, 5) is 31.2. The average molecular weight is 272 g/mol. The molecule has 0 bridgehead atoms. The van der Waals surface area contributed by atoms with Crippen LogP contribution in [0.4, 0.5) is 0 Å². The number of aromatic nitrogens is 5. The normalized spacial score (nSPS) is 11.2. The van der Waals surface area contributed by atoms with E-state index in [1.54, 1.807) is 11.6 Å². The summed E-state index contributed by atoms with van der Waals surface area (Å²) in [6.45, 7) is 1.99. The second kappa shape index (κ2) is 4.16. The molecule has 0 aliphatic carbocycles. The predicted molar refractivity (Wildman–Crippen MR) is 72.8 cm³/mol. The first-order valence-electron chi connectivity index (χ1n) is 6.13. The molecule has 0 aliphatic rings. The maximum atomic E-state index is 12.1. The molecule has 0 atom stereocenters. The number of nitrogens with zero attached hydrogens (tertiary/aromatic N) is 4. The van der Waals surface area contributed by atoms with Crippen LogP contribution in [-0.2, 0) is 14.1 Å². The number of rotatable bonds is 1. The third-order valence-electron chi connectivity index (χ3n) is 3.32. The van der Waals surface area contributed by atoms with Gasteiger partial charge in [-0.3, -0.25) is 13.9 Å². The minimum absolute atomic E-state index is 0.317. The molecule has 3 aromatic heterocycles. The molecule has 0 radical (unpaired) electrons. The van der Waals surface area contributed by atoms with E-state index in [1.165, 1.54) is 11.6 Å². The molecule has 7 nitrogen and oxygen atoms in total. The Balaban J connectivity index is 2.34. The van der Waals surface area contributed by atoms with Crippen LogP contribution >= 0.6 is 0 Å². The fourth-order valence-corrected chi connectivity index (χ4v) is 2.08. The zero-order valence-electron chi connectivity index (χ0n) is 11.4. The van der Waals surface area contributed by atoms with E-state index in [-0.39, 0.29) is 5.56 Å². The smallest absolute Gasteiger partial charge is 0.265 e. The number of H-pyrrole nitrogens is 1. The van der Waals surface area contributed by atoms with Gasteiger partial charge in [0.1, 0.15) is 0 Å². The summed E-state index contributed by atoms with van der Waals surface area (Å²) in [6.07, 6.45) is 3.69. The van der Waals surface area contributed by atoms with E-state index >= 15 is 0 Å². The first-order valence-corrected chi connectivity index (χ1v) is 6.13. The lowest BCUT2D eigenvalue weighted by atomic mass is 10.3. The van der Waals surface area contributed by atoms with Crippen molar-refractivity contribution in [1.29, 1.82) is 0 Å². The Morgan fingerprint density at radius 3 is 2.45 bits per heavy atom. The number of aryl methyl sites for hydroxylation is 2. The molecular formula is C13H14N5O2+. The van der Waals surface area contributed by atoms with Gasteiger partial charge in [0, 0.05) is 14.1 Å². The lowest BCUT2D eigenvalue weighted by Crippen LogP contribution is -2.36. The summed E-state index contributed by atoms with van der Waals surface area (Å²) >= 11 is 0. The van der Waals surface area contributed by atoms with E-state index in [1.807, 2.05) is 31.5 Å². The maximum Gasteiger partial charge on any atom is 0.403 e. The van der Waals surface area contributed by atoms with Gasteiger partial charge in [-0.05, 0) is 29.6 Å². The molecule has 0 unspecified atom stereocenters. The molecular weight excluding hydrogens is 258 g/mol. The van der Waals surface area contributed by atoms with Crippen molar-refractivity contribution in [2.45, 2.75) is 6.92 Å². The second-order valence-corrected chi connectivity index (χ2v) is 4.75. The summed E-state index contributed by atoms with van der Waals surface area (Å²) in [5, 5.41) is 0. The molecule has 0 spiro atoms. The molecule has 0 fully saturated rings. The summed E-state index contributed by atoms with van der Waals surface area (Å²) in [5.41, 5.74) is 1.02. The molecule has 20 heavy (non-hydrogen) atoms. The quantitative estimate of drug-likeness (QED) is 0.609. The Morgan fingerprint density at radius 1 is 1.15 bits per heavy atom. The molecule has 0 amide bonds. The summed E-state index contributed by atoms with van der Waals surface area (Å²) < 4.78 is 4.17. The van der Waals surface area contributed by atoms with Crippen molar-refractivity contribution in [3.8, 4) is 5.95 Å². The Labute approximate surface area is 113 Å². The maximum absolute atomic E-state index is 12.1. The van der Waals surface area contributed by atoms with Crippen LogP contribution < -0.4 is 15.8 Å². The highest BCUT2D eigenvalue weighted by Gasteiger charge is 2.20. The van der Waals surface area contributed by atoms with Gasteiger partial charge in [-0.1, -0.05) is 0 Å². The van der Waals surface area contributed by atoms with E-state index in [0.29, 0.717) is 17.1 Å². The molecule has 3 aromatic rings. The minimum Gasteiger partial charge on any atom is -0.265 e. The second-order valence-electron chi connectivity index (χ2n) is 4.75. The van der Waals surface area contributed by atoms with Gasteiger partial charge < -0.3 is 0 Å². The van der Waals surface area contributed by atoms with Crippen LogP contribution in [0.25, 0.3) is 17.1 Å². The first kappa shape index (κ1) is 12.3. The molecule has 3 rings (SSSR count). The predicted octanol–water partition coefficient (Wildman–Crippen LogP) is -0.455. The van der Waals surface area contributed by atoms with E-state index in [9.17, 15) is 9.59 Å². The number of pyridine rings is 1.